The Bertz CT molecular complexity index is 414. The zero-order chi connectivity index (χ0) is 17.5. The maximum absolute atomic E-state index is 6.26. The first kappa shape index (κ1) is 20.4. The Kier molecular flexibility index (Phi) is 8.48. The van der Waals surface area contributed by atoms with Gasteiger partial charge in [0.15, 0.2) is 0 Å². The molecule has 0 fully saturated rings. The third-order valence-electron chi connectivity index (χ3n) is 3.30. The van der Waals surface area contributed by atoms with Gasteiger partial charge in [0.1, 0.15) is 0 Å². The molecular formula is C19H34O3Si. The molecule has 1 aromatic carbocycles. The monoisotopic (exact) mass is 338 g/mol. The van der Waals surface area contributed by atoms with Crippen molar-refractivity contribution in [3.8, 4) is 0 Å². The van der Waals surface area contributed by atoms with Crippen molar-refractivity contribution >= 4 is 14.0 Å². The summed E-state index contributed by atoms with van der Waals surface area (Å²) in [5, 5.41) is 1.05. The van der Waals surface area contributed by atoms with Gasteiger partial charge in [-0.25, -0.2) is 0 Å². The molecule has 0 atom stereocenters. The fraction of sp³-hybridized carbons (Fsp3) is 0.684. The van der Waals surface area contributed by atoms with E-state index in [4.69, 9.17) is 13.3 Å². The van der Waals surface area contributed by atoms with Gasteiger partial charge in [-0.1, -0.05) is 37.6 Å². The topological polar surface area (TPSA) is 27.7 Å². The molecule has 0 amide bonds. The van der Waals surface area contributed by atoms with Crippen molar-refractivity contribution < 1.29 is 13.3 Å². The second-order valence-corrected chi connectivity index (χ2v) is 9.25. The minimum absolute atomic E-state index is 0.0546. The highest BCUT2D eigenvalue weighted by molar-refractivity contribution is 6.75. The molecule has 0 saturated heterocycles. The highest BCUT2D eigenvalue weighted by atomic mass is 28.4. The lowest BCUT2D eigenvalue weighted by atomic mass is 10.1. The first-order valence-corrected chi connectivity index (χ1v) is 10.6. The third kappa shape index (κ3) is 6.75. The van der Waals surface area contributed by atoms with Crippen LogP contribution in [0.5, 0.6) is 0 Å². The van der Waals surface area contributed by atoms with Crippen LogP contribution in [0.15, 0.2) is 24.3 Å². The van der Waals surface area contributed by atoms with Crippen molar-refractivity contribution in [2.45, 2.75) is 86.0 Å². The van der Waals surface area contributed by atoms with Crippen molar-refractivity contribution in [3.63, 3.8) is 0 Å². The van der Waals surface area contributed by atoms with Crippen LogP contribution >= 0.6 is 0 Å². The Balaban J connectivity index is 3.13. The molecule has 0 bridgehead atoms. The maximum atomic E-state index is 6.26. The molecule has 0 radical (unpaired) electrons. The minimum atomic E-state index is -2.92. The summed E-state index contributed by atoms with van der Waals surface area (Å²) in [5.41, 5.74) is 1.36. The SMILES string of the molecule is CCCCc1ccc([Si](OC(C)C)(OC(C)C)OC(C)C)cc1. The van der Waals surface area contributed by atoms with Gasteiger partial charge in [0.25, 0.3) is 0 Å². The number of rotatable bonds is 10. The standard InChI is InChI=1S/C19H34O3Si/c1-8-9-10-18-11-13-19(14-12-18)23(20-15(2)3,21-16(4)5)22-17(6)7/h11-17H,8-10H2,1-7H3. The van der Waals surface area contributed by atoms with Crippen molar-refractivity contribution in [2.24, 2.45) is 0 Å². The van der Waals surface area contributed by atoms with Crippen LogP contribution in [0.1, 0.15) is 66.9 Å². The van der Waals surface area contributed by atoms with Crippen LogP contribution in [0.25, 0.3) is 0 Å². The number of aryl methyl sites for hydroxylation is 1. The summed E-state index contributed by atoms with van der Waals surface area (Å²) in [6.07, 6.45) is 3.71. The predicted molar refractivity (Wildman–Crippen MR) is 99.1 cm³/mol. The van der Waals surface area contributed by atoms with E-state index >= 15 is 0 Å². The Hall–Kier alpha value is -0.683. The summed E-state index contributed by atoms with van der Waals surface area (Å²) in [4.78, 5) is 0. The maximum Gasteiger partial charge on any atom is 0.537 e. The first-order chi connectivity index (χ1) is 10.8. The highest BCUT2D eigenvalue weighted by Gasteiger charge is 2.46. The molecule has 0 aliphatic rings. The molecule has 0 unspecified atom stereocenters. The molecule has 0 aliphatic heterocycles. The van der Waals surface area contributed by atoms with Crippen LogP contribution in [0.2, 0.25) is 0 Å². The Morgan fingerprint density at radius 2 is 1.22 bits per heavy atom. The second kappa shape index (κ2) is 9.57. The molecule has 0 N–H and O–H groups in total. The largest absolute Gasteiger partial charge is 0.537 e. The van der Waals surface area contributed by atoms with Crippen LogP contribution in [-0.2, 0) is 19.7 Å². The van der Waals surface area contributed by atoms with Gasteiger partial charge in [-0.15, -0.1) is 0 Å². The average molecular weight is 339 g/mol. The van der Waals surface area contributed by atoms with Gasteiger partial charge in [-0.2, -0.15) is 0 Å². The van der Waals surface area contributed by atoms with E-state index < -0.39 is 8.80 Å². The van der Waals surface area contributed by atoms with Crippen LogP contribution in [0.4, 0.5) is 0 Å². The molecule has 23 heavy (non-hydrogen) atoms. The summed E-state index contributed by atoms with van der Waals surface area (Å²) in [6, 6.07) is 8.63. The van der Waals surface area contributed by atoms with E-state index in [-0.39, 0.29) is 18.3 Å². The van der Waals surface area contributed by atoms with Crippen molar-refractivity contribution in [3.05, 3.63) is 29.8 Å². The molecule has 132 valence electrons. The Labute approximate surface area is 143 Å². The fourth-order valence-electron chi connectivity index (χ4n) is 2.47. The van der Waals surface area contributed by atoms with E-state index in [1.54, 1.807) is 0 Å². The van der Waals surface area contributed by atoms with Gasteiger partial charge in [0.2, 0.25) is 0 Å². The van der Waals surface area contributed by atoms with E-state index in [1.165, 1.54) is 18.4 Å². The molecule has 0 spiro atoms. The lowest BCUT2D eigenvalue weighted by Crippen LogP contribution is -2.60. The fourth-order valence-corrected chi connectivity index (χ4v) is 5.49. The number of hydrogen-bond donors (Lipinski definition) is 0. The highest BCUT2D eigenvalue weighted by Crippen LogP contribution is 2.18. The minimum Gasteiger partial charge on any atom is -0.367 e. The van der Waals surface area contributed by atoms with Gasteiger partial charge in [-0.05, 0) is 59.9 Å². The Morgan fingerprint density at radius 1 is 0.783 bits per heavy atom. The molecular weight excluding hydrogens is 304 g/mol. The number of unbranched alkanes of at least 4 members (excludes halogenated alkanes) is 1. The van der Waals surface area contributed by atoms with Crippen molar-refractivity contribution in [1.29, 1.82) is 0 Å². The van der Waals surface area contributed by atoms with E-state index in [9.17, 15) is 0 Å². The Morgan fingerprint density at radius 3 is 1.57 bits per heavy atom. The van der Waals surface area contributed by atoms with E-state index in [0.717, 1.165) is 11.6 Å². The van der Waals surface area contributed by atoms with Gasteiger partial charge >= 0.3 is 8.80 Å². The van der Waals surface area contributed by atoms with Crippen molar-refractivity contribution in [1.82, 2.24) is 0 Å². The molecule has 0 saturated carbocycles. The lowest BCUT2D eigenvalue weighted by Gasteiger charge is -2.34. The molecule has 4 heteroatoms. The predicted octanol–water partition coefficient (Wildman–Crippen LogP) is 4.45. The molecule has 0 heterocycles. The number of hydrogen-bond acceptors (Lipinski definition) is 3. The summed E-state index contributed by atoms with van der Waals surface area (Å²) in [5.74, 6) is 0. The second-order valence-electron chi connectivity index (χ2n) is 6.86. The zero-order valence-electron chi connectivity index (χ0n) is 15.9. The van der Waals surface area contributed by atoms with E-state index in [1.807, 2.05) is 41.5 Å². The molecule has 1 aromatic rings. The van der Waals surface area contributed by atoms with Crippen LogP contribution in [0.3, 0.4) is 0 Å². The zero-order valence-corrected chi connectivity index (χ0v) is 16.9. The first-order valence-electron chi connectivity index (χ1n) is 8.92. The summed E-state index contributed by atoms with van der Waals surface area (Å²) < 4.78 is 18.8. The van der Waals surface area contributed by atoms with Gasteiger partial charge in [-0.3, -0.25) is 0 Å². The third-order valence-corrected chi connectivity index (χ3v) is 6.68. The lowest BCUT2D eigenvalue weighted by molar-refractivity contribution is 0.0153. The van der Waals surface area contributed by atoms with Gasteiger partial charge < -0.3 is 13.3 Å². The summed E-state index contributed by atoms with van der Waals surface area (Å²) in [7, 11) is -2.92. The van der Waals surface area contributed by atoms with E-state index in [0.29, 0.717) is 0 Å². The molecule has 0 aliphatic carbocycles. The molecule has 0 aromatic heterocycles. The summed E-state index contributed by atoms with van der Waals surface area (Å²) in [6.45, 7) is 14.4. The van der Waals surface area contributed by atoms with E-state index in [2.05, 4.69) is 31.2 Å². The van der Waals surface area contributed by atoms with Gasteiger partial charge in [0.05, 0.1) is 0 Å². The average Bonchev–Trinajstić information content (AvgIpc) is 2.43. The normalized spacial score (nSPS) is 12.6. The number of benzene rings is 1. The molecule has 3 nitrogen and oxygen atoms in total. The van der Waals surface area contributed by atoms with Gasteiger partial charge in [0, 0.05) is 23.5 Å². The van der Waals surface area contributed by atoms with Crippen LogP contribution in [-0.4, -0.2) is 27.1 Å². The smallest absolute Gasteiger partial charge is 0.367 e. The van der Waals surface area contributed by atoms with Crippen LogP contribution < -0.4 is 5.19 Å². The summed E-state index contributed by atoms with van der Waals surface area (Å²) >= 11 is 0. The molecule has 1 rings (SSSR count). The van der Waals surface area contributed by atoms with Crippen molar-refractivity contribution in [2.75, 3.05) is 0 Å². The quantitative estimate of drug-likeness (QED) is 0.590. The van der Waals surface area contributed by atoms with Crippen LogP contribution in [0, 0.1) is 0 Å².